The molecule has 3 aliphatic heterocycles. The molecule has 5 unspecified atom stereocenters. The van der Waals surface area contributed by atoms with Crippen molar-refractivity contribution in [3.8, 4) is 0 Å². The van der Waals surface area contributed by atoms with E-state index in [2.05, 4.69) is 33.0 Å². The minimum atomic E-state index is -0.131. The molecule has 3 fully saturated rings. The maximum Gasteiger partial charge on any atom is 0.318 e. The monoisotopic (exact) mass is 346 g/mol. The first-order valence-corrected chi connectivity index (χ1v) is 9.66. The second-order valence-corrected chi connectivity index (χ2v) is 8.93. The molecular weight excluding hydrogens is 316 g/mol. The Morgan fingerprint density at radius 1 is 1.24 bits per heavy atom. The molecule has 4 rings (SSSR count). The normalized spacial score (nSPS) is 32.1. The molecule has 5 atom stereocenters. The summed E-state index contributed by atoms with van der Waals surface area (Å²) in [6, 6.07) is 3.91. The fraction of sp³-hybridized carbons (Fsp3) is 0.750. The van der Waals surface area contributed by atoms with E-state index < -0.39 is 0 Å². The molecule has 1 N–H and O–H groups in total. The van der Waals surface area contributed by atoms with Gasteiger partial charge in [0.2, 0.25) is 0 Å². The van der Waals surface area contributed by atoms with E-state index in [1.807, 2.05) is 17.0 Å². The molecule has 138 valence electrons. The number of hydrogen-bond acceptors (Lipinski definition) is 3. The topological polar surface area (TPSA) is 54.7 Å². The third-order valence-electron chi connectivity index (χ3n) is 6.19. The Morgan fingerprint density at radius 2 is 1.88 bits per heavy atom. The average Bonchev–Trinajstić information content (AvgIpc) is 3.32. The van der Waals surface area contributed by atoms with Gasteiger partial charge in [0.1, 0.15) is 11.5 Å². The van der Waals surface area contributed by atoms with Crippen LogP contribution in [0.1, 0.15) is 58.1 Å². The minimum absolute atomic E-state index is 0.0307. The minimum Gasteiger partial charge on any atom is -0.464 e. The molecule has 0 aromatic carbocycles. The van der Waals surface area contributed by atoms with Crippen LogP contribution in [0.4, 0.5) is 4.79 Å². The SMILES string of the molecule is CCc1ccc(C(NC(=O)N2CC3C4CCC(O4)C3C2)C(C)(C)C)o1. The van der Waals surface area contributed by atoms with E-state index in [1.165, 1.54) is 0 Å². The standard InChI is InChI=1S/C20H30N2O3/c1-5-12-6-7-17(24-12)18(20(2,3)4)21-19(23)22-10-13-14(11-22)16-9-8-15(13)25-16/h6-7,13-16,18H,5,8-11H2,1-4H3,(H,21,23). The number of aryl methyl sites for hydroxylation is 1. The molecule has 0 spiro atoms. The van der Waals surface area contributed by atoms with Gasteiger partial charge in [0.15, 0.2) is 0 Å². The maximum atomic E-state index is 12.9. The first-order valence-electron chi connectivity index (χ1n) is 9.66. The second kappa shape index (κ2) is 6.04. The van der Waals surface area contributed by atoms with Gasteiger partial charge < -0.3 is 19.4 Å². The van der Waals surface area contributed by atoms with Crippen LogP contribution in [0.2, 0.25) is 0 Å². The maximum absolute atomic E-state index is 12.9. The van der Waals surface area contributed by atoms with E-state index in [0.29, 0.717) is 24.0 Å². The third-order valence-corrected chi connectivity index (χ3v) is 6.19. The summed E-state index contributed by atoms with van der Waals surface area (Å²) in [6.07, 6.45) is 3.95. The van der Waals surface area contributed by atoms with Crippen molar-refractivity contribution in [1.82, 2.24) is 10.2 Å². The number of furan rings is 1. The predicted octanol–water partition coefficient (Wildman–Crippen LogP) is 3.75. The van der Waals surface area contributed by atoms with Crippen molar-refractivity contribution in [2.45, 2.75) is 65.2 Å². The Labute approximate surface area is 150 Å². The highest BCUT2D eigenvalue weighted by Crippen LogP contribution is 2.47. The highest BCUT2D eigenvalue weighted by molar-refractivity contribution is 5.75. The average molecular weight is 346 g/mol. The van der Waals surface area contributed by atoms with Gasteiger partial charge in [0.05, 0.1) is 18.2 Å². The number of likely N-dealkylation sites (tertiary alicyclic amines) is 1. The fourth-order valence-electron chi connectivity index (χ4n) is 4.79. The molecule has 2 amide bonds. The summed E-state index contributed by atoms with van der Waals surface area (Å²) in [6.45, 7) is 10.1. The van der Waals surface area contributed by atoms with Crippen molar-refractivity contribution < 1.29 is 13.9 Å². The van der Waals surface area contributed by atoms with Crippen LogP contribution in [-0.4, -0.2) is 36.2 Å². The van der Waals surface area contributed by atoms with Crippen LogP contribution in [0.3, 0.4) is 0 Å². The summed E-state index contributed by atoms with van der Waals surface area (Å²) in [5.41, 5.74) is -0.115. The molecule has 5 heteroatoms. The lowest BCUT2D eigenvalue weighted by molar-refractivity contribution is 0.0731. The summed E-state index contributed by atoms with van der Waals surface area (Å²) >= 11 is 0. The largest absolute Gasteiger partial charge is 0.464 e. The lowest BCUT2D eigenvalue weighted by atomic mass is 9.82. The zero-order valence-electron chi connectivity index (χ0n) is 15.7. The first kappa shape index (κ1) is 17.0. The Kier molecular flexibility index (Phi) is 4.10. The molecule has 5 nitrogen and oxygen atoms in total. The molecule has 3 aliphatic rings. The fourth-order valence-corrected chi connectivity index (χ4v) is 4.79. The van der Waals surface area contributed by atoms with E-state index in [-0.39, 0.29) is 17.5 Å². The van der Waals surface area contributed by atoms with E-state index in [4.69, 9.17) is 9.15 Å². The van der Waals surface area contributed by atoms with Gasteiger partial charge in [0.25, 0.3) is 0 Å². The lowest BCUT2D eigenvalue weighted by Crippen LogP contribution is -2.44. The Balaban J connectivity index is 1.46. The number of amides is 2. The van der Waals surface area contributed by atoms with Crippen LogP contribution >= 0.6 is 0 Å². The van der Waals surface area contributed by atoms with Crippen LogP contribution in [-0.2, 0) is 11.2 Å². The summed E-state index contributed by atoms with van der Waals surface area (Å²) < 4.78 is 12.0. The summed E-state index contributed by atoms with van der Waals surface area (Å²) in [5.74, 6) is 2.88. The van der Waals surface area contributed by atoms with Gasteiger partial charge in [-0.05, 0) is 30.4 Å². The number of hydrogen-bond donors (Lipinski definition) is 1. The predicted molar refractivity (Wildman–Crippen MR) is 95.3 cm³/mol. The molecule has 3 saturated heterocycles. The molecule has 2 bridgehead atoms. The van der Waals surface area contributed by atoms with Crippen molar-refractivity contribution in [3.05, 3.63) is 23.7 Å². The van der Waals surface area contributed by atoms with E-state index >= 15 is 0 Å². The van der Waals surface area contributed by atoms with Crippen LogP contribution < -0.4 is 5.32 Å². The second-order valence-electron chi connectivity index (χ2n) is 8.93. The third kappa shape index (κ3) is 2.97. The van der Waals surface area contributed by atoms with Gasteiger partial charge >= 0.3 is 6.03 Å². The van der Waals surface area contributed by atoms with E-state index in [9.17, 15) is 4.79 Å². The quantitative estimate of drug-likeness (QED) is 0.907. The van der Waals surface area contributed by atoms with Gasteiger partial charge in [-0.15, -0.1) is 0 Å². The number of nitrogens with zero attached hydrogens (tertiary/aromatic N) is 1. The number of rotatable bonds is 3. The number of fused-ring (bicyclic) bond motifs is 5. The highest BCUT2D eigenvalue weighted by Gasteiger charge is 2.54. The van der Waals surface area contributed by atoms with Crippen LogP contribution in [0, 0.1) is 17.3 Å². The van der Waals surface area contributed by atoms with Crippen LogP contribution in [0.15, 0.2) is 16.5 Å². The number of nitrogens with one attached hydrogen (secondary N) is 1. The van der Waals surface area contributed by atoms with Gasteiger partial charge in [-0.25, -0.2) is 4.79 Å². The van der Waals surface area contributed by atoms with Crippen molar-refractivity contribution >= 4 is 6.03 Å². The number of carbonyl (C=O) groups excluding carboxylic acids is 1. The van der Waals surface area contributed by atoms with Gasteiger partial charge in [-0.2, -0.15) is 0 Å². The van der Waals surface area contributed by atoms with Gasteiger partial charge in [0, 0.05) is 31.3 Å². The van der Waals surface area contributed by atoms with Crippen LogP contribution in [0.5, 0.6) is 0 Å². The summed E-state index contributed by atoms with van der Waals surface area (Å²) in [5, 5.41) is 3.24. The molecule has 0 aliphatic carbocycles. The molecule has 1 aromatic heterocycles. The Bertz CT molecular complexity index is 630. The van der Waals surface area contributed by atoms with E-state index in [1.54, 1.807) is 0 Å². The zero-order chi connectivity index (χ0) is 17.8. The van der Waals surface area contributed by atoms with E-state index in [0.717, 1.165) is 43.9 Å². The Morgan fingerprint density at radius 3 is 2.40 bits per heavy atom. The molecule has 0 radical (unpaired) electrons. The Hall–Kier alpha value is -1.49. The summed E-state index contributed by atoms with van der Waals surface area (Å²) in [7, 11) is 0. The molecular formula is C20H30N2O3. The van der Waals surface area contributed by atoms with Crippen molar-refractivity contribution in [1.29, 1.82) is 0 Å². The van der Waals surface area contributed by atoms with Crippen LogP contribution in [0.25, 0.3) is 0 Å². The zero-order valence-corrected chi connectivity index (χ0v) is 15.7. The smallest absolute Gasteiger partial charge is 0.318 e. The molecule has 0 saturated carbocycles. The lowest BCUT2D eigenvalue weighted by Gasteiger charge is -2.32. The number of carbonyl (C=O) groups is 1. The molecule has 4 heterocycles. The van der Waals surface area contributed by atoms with Crippen molar-refractivity contribution in [3.63, 3.8) is 0 Å². The molecule has 25 heavy (non-hydrogen) atoms. The van der Waals surface area contributed by atoms with Crippen molar-refractivity contribution in [2.75, 3.05) is 13.1 Å². The summed E-state index contributed by atoms with van der Waals surface area (Å²) in [4.78, 5) is 14.9. The molecule has 1 aromatic rings. The number of urea groups is 1. The van der Waals surface area contributed by atoms with Gasteiger partial charge in [-0.3, -0.25) is 0 Å². The van der Waals surface area contributed by atoms with Crippen molar-refractivity contribution in [2.24, 2.45) is 17.3 Å². The highest BCUT2D eigenvalue weighted by atomic mass is 16.5. The first-order chi connectivity index (χ1) is 11.9. The number of ether oxygens (including phenoxy) is 1. The van der Waals surface area contributed by atoms with Gasteiger partial charge in [-0.1, -0.05) is 27.7 Å².